The molecule has 1 fully saturated rings. The van der Waals surface area contributed by atoms with Gasteiger partial charge in [-0.25, -0.2) is 8.78 Å². The van der Waals surface area contributed by atoms with Crippen LogP contribution in [0.3, 0.4) is 0 Å². The quantitative estimate of drug-likeness (QED) is 0.740. The fraction of sp³-hybridized carbons (Fsp3) is 0.300. The molecule has 1 heterocycles. The molecule has 1 aliphatic rings. The van der Waals surface area contributed by atoms with Gasteiger partial charge >= 0.3 is 0 Å². The van der Waals surface area contributed by atoms with Gasteiger partial charge in [0, 0.05) is 18.5 Å². The SMILES string of the molecule is O=C1CCNC1c1cc(F)ccc1F. The summed E-state index contributed by atoms with van der Waals surface area (Å²) in [5, 5.41) is 2.83. The fourth-order valence-electron chi connectivity index (χ4n) is 1.62. The van der Waals surface area contributed by atoms with Crippen molar-refractivity contribution in [1.29, 1.82) is 0 Å². The Kier molecular flexibility index (Phi) is 2.29. The highest BCUT2D eigenvalue weighted by atomic mass is 19.1. The number of hydrogen-bond acceptors (Lipinski definition) is 2. The van der Waals surface area contributed by atoms with E-state index in [1.54, 1.807) is 0 Å². The highest BCUT2D eigenvalue weighted by Crippen LogP contribution is 2.23. The lowest BCUT2D eigenvalue weighted by atomic mass is 10.0. The molecule has 0 aliphatic carbocycles. The highest BCUT2D eigenvalue weighted by molar-refractivity contribution is 5.87. The maximum absolute atomic E-state index is 13.2. The number of halogens is 2. The van der Waals surface area contributed by atoms with Gasteiger partial charge in [0.1, 0.15) is 11.6 Å². The summed E-state index contributed by atoms with van der Waals surface area (Å²) in [6.07, 6.45) is 0.376. The van der Waals surface area contributed by atoms with Gasteiger partial charge in [-0.1, -0.05) is 0 Å². The van der Waals surface area contributed by atoms with Gasteiger partial charge < -0.3 is 5.32 Å². The minimum atomic E-state index is -0.675. The summed E-state index contributed by atoms with van der Waals surface area (Å²) >= 11 is 0. The average Bonchev–Trinajstić information content (AvgIpc) is 2.56. The molecule has 1 N–H and O–H groups in total. The van der Waals surface area contributed by atoms with Crippen molar-refractivity contribution in [3.63, 3.8) is 0 Å². The molecule has 2 rings (SSSR count). The van der Waals surface area contributed by atoms with Crippen molar-refractivity contribution < 1.29 is 13.6 Å². The van der Waals surface area contributed by atoms with Crippen molar-refractivity contribution in [3.8, 4) is 0 Å². The molecule has 0 bridgehead atoms. The van der Waals surface area contributed by atoms with Gasteiger partial charge in [-0.2, -0.15) is 0 Å². The summed E-state index contributed by atoms with van der Waals surface area (Å²) < 4.78 is 26.1. The van der Waals surface area contributed by atoms with Crippen LogP contribution in [0.5, 0.6) is 0 Å². The molecule has 1 saturated heterocycles. The Balaban J connectivity index is 2.39. The number of benzene rings is 1. The molecule has 1 atom stereocenters. The average molecular weight is 197 g/mol. The highest BCUT2D eigenvalue weighted by Gasteiger charge is 2.27. The number of rotatable bonds is 1. The normalized spacial score (nSPS) is 21.6. The largest absolute Gasteiger partial charge is 0.303 e. The number of nitrogens with one attached hydrogen (secondary N) is 1. The van der Waals surface area contributed by atoms with Gasteiger partial charge in [-0.05, 0) is 18.2 Å². The third-order valence-corrected chi connectivity index (χ3v) is 2.31. The lowest BCUT2D eigenvalue weighted by molar-refractivity contribution is -0.118. The van der Waals surface area contributed by atoms with E-state index in [2.05, 4.69) is 5.32 Å². The molecule has 14 heavy (non-hydrogen) atoms. The van der Waals surface area contributed by atoms with Crippen molar-refractivity contribution in [3.05, 3.63) is 35.4 Å². The van der Waals surface area contributed by atoms with Gasteiger partial charge in [0.15, 0.2) is 5.78 Å². The summed E-state index contributed by atoms with van der Waals surface area (Å²) in [6.45, 7) is 0.527. The molecule has 1 unspecified atom stereocenters. The molecular formula is C10H9F2NO. The maximum Gasteiger partial charge on any atom is 0.155 e. The third kappa shape index (κ3) is 1.53. The Morgan fingerprint density at radius 2 is 2.14 bits per heavy atom. The number of Topliss-reactive ketones (excluding diaryl/α,β-unsaturated/α-hetero) is 1. The molecule has 4 heteroatoms. The summed E-state index contributed by atoms with van der Waals surface area (Å²) in [5.41, 5.74) is 0.104. The lowest BCUT2D eigenvalue weighted by Crippen LogP contribution is -2.19. The van der Waals surface area contributed by atoms with E-state index in [0.29, 0.717) is 13.0 Å². The van der Waals surface area contributed by atoms with Crippen molar-refractivity contribution >= 4 is 5.78 Å². The molecule has 0 saturated carbocycles. The topological polar surface area (TPSA) is 29.1 Å². The van der Waals surface area contributed by atoms with E-state index in [9.17, 15) is 13.6 Å². The summed E-state index contributed by atoms with van der Waals surface area (Å²) in [4.78, 5) is 11.3. The predicted molar refractivity (Wildman–Crippen MR) is 46.7 cm³/mol. The fourth-order valence-corrected chi connectivity index (χ4v) is 1.62. The van der Waals surface area contributed by atoms with Crippen LogP contribution in [0.1, 0.15) is 18.0 Å². The van der Waals surface area contributed by atoms with Crippen LogP contribution in [-0.2, 0) is 4.79 Å². The van der Waals surface area contributed by atoms with E-state index in [1.807, 2.05) is 0 Å². The summed E-state index contributed by atoms with van der Waals surface area (Å²) in [5.74, 6) is -1.16. The molecule has 74 valence electrons. The Morgan fingerprint density at radius 3 is 2.79 bits per heavy atom. The first-order valence-electron chi connectivity index (χ1n) is 4.39. The van der Waals surface area contributed by atoms with Crippen LogP contribution in [0.2, 0.25) is 0 Å². The summed E-state index contributed by atoms with van der Waals surface area (Å²) in [7, 11) is 0. The van der Waals surface area contributed by atoms with Crippen molar-refractivity contribution in [2.45, 2.75) is 12.5 Å². The van der Waals surface area contributed by atoms with E-state index >= 15 is 0 Å². The second-order valence-corrected chi connectivity index (χ2v) is 3.27. The third-order valence-electron chi connectivity index (χ3n) is 2.31. The second kappa shape index (κ2) is 3.46. The first-order valence-corrected chi connectivity index (χ1v) is 4.39. The van der Waals surface area contributed by atoms with Gasteiger partial charge in [0.25, 0.3) is 0 Å². The van der Waals surface area contributed by atoms with E-state index < -0.39 is 17.7 Å². The molecule has 2 nitrogen and oxygen atoms in total. The minimum absolute atomic E-state index is 0.0884. The van der Waals surface area contributed by atoms with Crippen LogP contribution >= 0.6 is 0 Å². The van der Waals surface area contributed by atoms with E-state index in [0.717, 1.165) is 18.2 Å². The Hall–Kier alpha value is -1.29. The molecule has 0 spiro atoms. The van der Waals surface area contributed by atoms with E-state index in [1.165, 1.54) is 0 Å². The zero-order valence-electron chi connectivity index (χ0n) is 7.39. The van der Waals surface area contributed by atoms with Gasteiger partial charge in [0.2, 0.25) is 0 Å². The molecule has 0 amide bonds. The Morgan fingerprint density at radius 1 is 1.36 bits per heavy atom. The van der Waals surface area contributed by atoms with Crippen LogP contribution in [0.15, 0.2) is 18.2 Å². The number of ketones is 1. The monoisotopic (exact) mass is 197 g/mol. The molecule has 0 radical (unpaired) electrons. The van der Waals surface area contributed by atoms with Crippen molar-refractivity contribution in [2.75, 3.05) is 6.54 Å². The predicted octanol–water partition coefficient (Wildman–Crippen LogP) is 1.57. The zero-order valence-corrected chi connectivity index (χ0v) is 7.39. The molecule has 1 aliphatic heterocycles. The van der Waals surface area contributed by atoms with Crippen LogP contribution in [-0.4, -0.2) is 12.3 Å². The van der Waals surface area contributed by atoms with E-state index in [4.69, 9.17) is 0 Å². The molecule has 1 aromatic rings. The number of carbonyl (C=O) groups is 1. The van der Waals surface area contributed by atoms with Crippen LogP contribution in [0, 0.1) is 11.6 Å². The van der Waals surface area contributed by atoms with E-state index in [-0.39, 0.29) is 11.3 Å². The van der Waals surface area contributed by atoms with Crippen LogP contribution < -0.4 is 5.32 Å². The second-order valence-electron chi connectivity index (χ2n) is 3.27. The van der Waals surface area contributed by atoms with Gasteiger partial charge in [0.05, 0.1) is 6.04 Å². The van der Waals surface area contributed by atoms with Gasteiger partial charge in [-0.15, -0.1) is 0 Å². The number of carbonyl (C=O) groups excluding carboxylic acids is 1. The van der Waals surface area contributed by atoms with Crippen LogP contribution in [0.25, 0.3) is 0 Å². The molecular weight excluding hydrogens is 188 g/mol. The number of hydrogen-bond donors (Lipinski definition) is 1. The first kappa shape index (κ1) is 9.27. The molecule has 1 aromatic carbocycles. The van der Waals surface area contributed by atoms with Crippen molar-refractivity contribution in [2.24, 2.45) is 0 Å². The first-order chi connectivity index (χ1) is 6.68. The smallest absolute Gasteiger partial charge is 0.155 e. The minimum Gasteiger partial charge on any atom is -0.303 e. The molecule has 0 aromatic heterocycles. The lowest BCUT2D eigenvalue weighted by Gasteiger charge is -2.10. The van der Waals surface area contributed by atoms with Crippen LogP contribution in [0.4, 0.5) is 8.78 Å². The van der Waals surface area contributed by atoms with Crippen molar-refractivity contribution in [1.82, 2.24) is 5.32 Å². The Bertz CT molecular complexity index is 378. The summed E-state index contributed by atoms with van der Waals surface area (Å²) in [6, 6.07) is 2.47. The Labute approximate surface area is 79.9 Å². The standard InChI is InChI=1S/C10H9F2NO/c11-6-1-2-8(12)7(5-6)10-9(14)3-4-13-10/h1-2,5,10,13H,3-4H2. The zero-order chi connectivity index (χ0) is 10.1. The van der Waals surface area contributed by atoms with Gasteiger partial charge in [-0.3, -0.25) is 4.79 Å². The maximum atomic E-state index is 13.2.